The van der Waals surface area contributed by atoms with E-state index in [2.05, 4.69) is 4.90 Å². The van der Waals surface area contributed by atoms with Gasteiger partial charge in [-0.25, -0.2) is 8.78 Å². The third kappa shape index (κ3) is 2.51. The van der Waals surface area contributed by atoms with Crippen molar-refractivity contribution in [1.82, 2.24) is 4.90 Å². The maximum absolute atomic E-state index is 14.1. The van der Waals surface area contributed by atoms with E-state index in [1.807, 2.05) is 0 Å². The van der Waals surface area contributed by atoms with Crippen molar-refractivity contribution in [2.24, 2.45) is 5.73 Å². The van der Waals surface area contributed by atoms with Gasteiger partial charge >= 0.3 is 0 Å². The molecule has 2 nitrogen and oxygen atoms in total. The summed E-state index contributed by atoms with van der Waals surface area (Å²) in [5, 5.41) is 0. The van der Waals surface area contributed by atoms with Gasteiger partial charge in [0, 0.05) is 17.6 Å². The molecule has 19 heavy (non-hydrogen) atoms. The second-order valence-corrected chi connectivity index (χ2v) is 5.72. The van der Waals surface area contributed by atoms with Gasteiger partial charge in [0.05, 0.1) is 6.04 Å². The van der Waals surface area contributed by atoms with Gasteiger partial charge in [-0.15, -0.1) is 0 Å². The zero-order valence-electron chi connectivity index (χ0n) is 11.0. The molecule has 0 aromatic heterocycles. The van der Waals surface area contributed by atoms with Crippen molar-refractivity contribution in [3.63, 3.8) is 0 Å². The molecule has 2 fully saturated rings. The summed E-state index contributed by atoms with van der Waals surface area (Å²) in [7, 11) is 0. The Bertz CT molecular complexity index is 459. The molecule has 2 atom stereocenters. The summed E-state index contributed by atoms with van der Waals surface area (Å²) in [5.74, 6) is -1.50. The number of rotatable bonds is 2. The molecule has 1 aromatic carbocycles. The molecule has 0 spiro atoms. The van der Waals surface area contributed by atoms with E-state index >= 15 is 0 Å². The third-order valence-electron chi connectivity index (χ3n) is 4.28. The van der Waals surface area contributed by atoms with Gasteiger partial charge in [-0.1, -0.05) is 18.6 Å². The van der Waals surface area contributed by atoms with Crippen LogP contribution in [0.4, 0.5) is 8.78 Å². The highest BCUT2D eigenvalue weighted by Crippen LogP contribution is 2.39. The summed E-state index contributed by atoms with van der Waals surface area (Å²) in [6.07, 6.45) is 5.35. The quantitative estimate of drug-likeness (QED) is 0.891. The molecular weight excluding hydrogens is 246 g/mol. The molecule has 2 unspecified atom stereocenters. The van der Waals surface area contributed by atoms with Gasteiger partial charge < -0.3 is 5.73 Å². The molecule has 104 valence electrons. The predicted octanol–water partition coefficient (Wildman–Crippen LogP) is 2.98. The minimum absolute atomic E-state index is 0.112. The van der Waals surface area contributed by atoms with Crippen LogP contribution in [0.25, 0.3) is 0 Å². The number of benzene rings is 1. The summed E-state index contributed by atoms with van der Waals surface area (Å²) >= 11 is 0. The van der Waals surface area contributed by atoms with E-state index in [-0.39, 0.29) is 12.1 Å². The second-order valence-electron chi connectivity index (χ2n) is 5.72. The highest BCUT2D eigenvalue weighted by molar-refractivity contribution is 5.25. The van der Waals surface area contributed by atoms with Gasteiger partial charge in [0.1, 0.15) is 0 Å². The predicted molar refractivity (Wildman–Crippen MR) is 70.7 cm³/mol. The van der Waals surface area contributed by atoms with Gasteiger partial charge in [0.25, 0.3) is 0 Å². The number of hydrogen-bond donors (Lipinski definition) is 1. The number of nitrogens with zero attached hydrogens (tertiary/aromatic N) is 1. The maximum Gasteiger partial charge on any atom is 0.163 e. The lowest BCUT2D eigenvalue weighted by Crippen LogP contribution is -2.41. The van der Waals surface area contributed by atoms with Crippen molar-refractivity contribution in [3.05, 3.63) is 35.4 Å². The van der Waals surface area contributed by atoms with E-state index in [1.165, 1.54) is 6.07 Å². The fourth-order valence-corrected chi connectivity index (χ4v) is 3.19. The van der Waals surface area contributed by atoms with Crippen molar-refractivity contribution in [1.29, 1.82) is 0 Å². The van der Waals surface area contributed by atoms with Gasteiger partial charge in [-0.3, -0.25) is 4.90 Å². The first kappa shape index (κ1) is 13.0. The Morgan fingerprint density at radius 2 is 1.89 bits per heavy atom. The van der Waals surface area contributed by atoms with E-state index in [4.69, 9.17) is 5.73 Å². The van der Waals surface area contributed by atoms with Crippen LogP contribution in [0.1, 0.15) is 43.7 Å². The summed E-state index contributed by atoms with van der Waals surface area (Å²) in [6, 6.07) is 4.66. The van der Waals surface area contributed by atoms with E-state index < -0.39 is 11.6 Å². The van der Waals surface area contributed by atoms with E-state index in [1.54, 1.807) is 12.1 Å². The number of likely N-dealkylation sites (tertiary alicyclic amines) is 1. The first-order valence-electron chi connectivity index (χ1n) is 7.13. The molecule has 1 aromatic rings. The average molecular weight is 266 g/mol. The van der Waals surface area contributed by atoms with E-state index in [0.717, 1.165) is 38.6 Å². The van der Waals surface area contributed by atoms with Crippen molar-refractivity contribution in [2.45, 2.75) is 50.2 Å². The van der Waals surface area contributed by atoms with Crippen LogP contribution in [0, 0.1) is 11.6 Å². The van der Waals surface area contributed by atoms with Gasteiger partial charge in [0.15, 0.2) is 11.6 Å². The second kappa shape index (κ2) is 5.17. The van der Waals surface area contributed by atoms with Crippen LogP contribution in [0.15, 0.2) is 18.2 Å². The van der Waals surface area contributed by atoms with Crippen LogP contribution >= 0.6 is 0 Å². The Balaban J connectivity index is 1.99. The minimum Gasteiger partial charge on any atom is -0.326 e. The molecular formula is C15H20F2N2. The van der Waals surface area contributed by atoms with Crippen LogP contribution in [0.2, 0.25) is 0 Å². The first-order chi connectivity index (χ1) is 9.18. The fraction of sp³-hybridized carbons (Fsp3) is 0.600. The maximum atomic E-state index is 14.1. The molecule has 1 saturated carbocycles. The standard InChI is InChI=1S/C15H20F2N2/c16-12-5-3-4-11(14(12)17)15-13(18)6-1-2-9-19(15)10-7-8-10/h3-5,10,13,15H,1-2,6-9,18H2. The Morgan fingerprint density at radius 1 is 1.11 bits per heavy atom. The monoisotopic (exact) mass is 266 g/mol. The first-order valence-corrected chi connectivity index (χ1v) is 7.13. The van der Waals surface area contributed by atoms with Gasteiger partial charge in [-0.05, 0) is 38.3 Å². The molecule has 3 rings (SSSR count). The topological polar surface area (TPSA) is 29.3 Å². The fourth-order valence-electron chi connectivity index (χ4n) is 3.19. The number of hydrogen-bond acceptors (Lipinski definition) is 2. The van der Waals surface area contributed by atoms with E-state index in [9.17, 15) is 8.78 Å². The number of halogens is 2. The van der Waals surface area contributed by atoms with Crippen LogP contribution in [0.3, 0.4) is 0 Å². The van der Waals surface area contributed by atoms with E-state index in [0.29, 0.717) is 11.6 Å². The Labute approximate surface area is 112 Å². The zero-order chi connectivity index (χ0) is 13.4. The molecule has 1 aliphatic carbocycles. The molecule has 0 radical (unpaired) electrons. The van der Waals surface area contributed by atoms with Crippen LogP contribution in [0.5, 0.6) is 0 Å². The average Bonchev–Trinajstić information content (AvgIpc) is 3.20. The van der Waals surface area contributed by atoms with Crippen molar-refractivity contribution in [2.75, 3.05) is 6.54 Å². The zero-order valence-corrected chi connectivity index (χ0v) is 11.0. The lowest BCUT2D eigenvalue weighted by molar-refractivity contribution is 0.171. The van der Waals surface area contributed by atoms with Crippen LogP contribution in [-0.2, 0) is 0 Å². The summed E-state index contributed by atoms with van der Waals surface area (Å²) in [6.45, 7) is 0.943. The molecule has 1 saturated heterocycles. The molecule has 2 N–H and O–H groups in total. The van der Waals surface area contributed by atoms with Gasteiger partial charge in [-0.2, -0.15) is 0 Å². The Kier molecular flexibility index (Phi) is 3.54. The molecule has 0 amide bonds. The molecule has 1 aliphatic heterocycles. The highest BCUT2D eigenvalue weighted by atomic mass is 19.2. The smallest absolute Gasteiger partial charge is 0.163 e. The largest absolute Gasteiger partial charge is 0.326 e. The van der Waals surface area contributed by atoms with Gasteiger partial charge in [0.2, 0.25) is 0 Å². The number of nitrogens with two attached hydrogens (primary N) is 1. The minimum atomic E-state index is -0.773. The van der Waals surface area contributed by atoms with Crippen molar-refractivity contribution >= 4 is 0 Å². The lowest BCUT2D eigenvalue weighted by Gasteiger charge is -2.34. The summed E-state index contributed by atoms with van der Waals surface area (Å²) in [4.78, 5) is 2.30. The van der Waals surface area contributed by atoms with Crippen LogP contribution in [-0.4, -0.2) is 23.5 Å². The Hall–Kier alpha value is -1.00. The molecule has 2 aliphatic rings. The third-order valence-corrected chi connectivity index (χ3v) is 4.28. The molecule has 4 heteroatoms. The van der Waals surface area contributed by atoms with Crippen molar-refractivity contribution in [3.8, 4) is 0 Å². The molecule has 0 bridgehead atoms. The highest BCUT2D eigenvalue weighted by Gasteiger charge is 2.39. The van der Waals surface area contributed by atoms with Crippen LogP contribution < -0.4 is 5.73 Å². The normalized spacial score (nSPS) is 29.2. The SMILES string of the molecule is NC1CCCCN(C2CC2)C1c1cccc(F)c1F. The Morgan fingerprint density at radius 3 is 2.63 bits per heavy atom. The van der Waals surface area contributed by atoms with Crippen molar-refractivity contribution < 1.29 is 8.78 Å². The lowest BCUT2D eigenvalue weighted by atomic mass is 9.95. The summed E-state index contributed by atoms with van der Waals surface area (Å²) in [5.41, 5.74) is 6.69. The molecule has 1 heterocycles. The summed E-state index contributed by atoms with van der Waals surface area (Å²) < 4.78 is 27.6.